The number of imide groups is 1. The highest BCUT2D eigenvalue weighted by molar-refractivity contribution is 7.22. The molecule has 2 amide bonds. The molecule has 2 atom stereocenters. The fourth-order valence-corrected chi connectivity index (χ4v) is 8.98. The van der Waals surface area contributed by atoms with Crippen LogP contribution in [0.15, 0.2) is 115 Å². The van der Waals surface area contributed by atoms with Gasteiger partial charge in [0.15, 0.2) is 0 Å². The molecule has 6 nitrogen and oxygen atoms in total. The fraction of sp³-hybridized carbons (Fsp3) is 0.273. The number of hydrogen-bond donors (Lipinski definition) is 1. The lowest BCUT2D eigenvalue weighted by Gasteiger charge is -2.29. The van der Waals surface area contributed by atoms with Crippen LogP contribution in [0.4, 0.5) is 0 Å². The lowest BCUT2D eigenvalue weighted by Crippen LogP contribution is -2.36. The summed E-state index contributed by atoms with van der Waals surface area (Å²) in [7, 11) is 0. The van der Waals surface area contributed by atoms with Crippen LogP contribution >= 0.6 is 11.3 Å². The summed E-state index contributed by atoms with van der Waals surface area (Å²) in [4.78, 5) is 29.4. The van der Waals surface area contributed by atoms with Crippen molar-refractivity contribution in [3.8, 4) is 21.9 Å². The third-order valence-corrected chi connectivity index (χ3v) is 11.8. The van der Waals surface area contributed by atoms with Crippen LogP contribution in [0.3, 0.4) is 0 Å². The molecule has 0 bridgehead atoms. The summed E-state index contributed by atoms with van der Waals surface area (Å²) in [5.74, 6) is 0.836. The molecule has 8 rings (SSSR count). The predicted octanol–water partition coefficient (Wildman–Crippen LogP) is 8.45. The second-order valence-corrected chi connectivity index (χ2v) is 15.0. The maximum atomic E-state index is 13.1. The lowest BCUT2D eigenvalue weighted by atomic mass is 9.70. The smallest absolute Gasteiger partial charge is 0.238 e. The number of hydrogen-bond acceptors (Lipinski definition) is 6. The van der Waals surface area contributed by atoms with Crippen LogP contribution < -0.4 is 14.8 Å². The molecular formula is C44H42N2O4S. The van der Waals surface area contributed by atoms with E-state index >= 15 is 0 Å². The van der Waals surface area contributed by atoms with Crippen molar-refractivity contribution < 1.29 is 19.1 Å². The Bertz CT molecular complexity index is 2130. The van der Waals surface area contributed by atoms with E-state index in [1.165, 1.54) is 52.0 Å². The van der Waals surface area contributed by atoms with Crippen LogP contribution in [-0.4, -0.2) is 43.0 Å². The molecule has 0 spiro atoms. The van der Waals surface area contributed by atoms with Crippen molar-refractivity contribution in [1.29, 1.82) is 0 Å². The zero-order valence-corrected chi connectivity index (χ0v) is 29.7. The number of likely N-dealkylation sites (tertiary alicyclic amines) is 1. The Morgan fingerprint density at radius 1 is 0.863 bits per heavy atom. The first-order valence-corrected chi connectivity index (χ1v) is 18.7. The predicted molar refractivity (Wildman–Crippen MR) is 204 cm³/mol. The number of thiophene rings is 1. The molecule has 2 saturated heterocycles. The number of ether oxygens (including phenoxy) is 2. The standard InChI is InChI=1S/C44H42N2O4S/c1-30-25-32(12-13-34(30)28-44-20-6-5-11-39(44)42(47)45-43(44)48)26-38-37-19-18-36(50-29-31-9-3-2-4-10-31)27-40(37)51-41(38)33-14-16-35(17-15-33)49-24-23-46-21-7-8-22-46/h2-6,9-20,25,27,39H,7-8,21-24,26,28-29H2,1H3,(H,45,47,48). The van der Waals surface area contributed by atoms with Gasteiger partial charge < -0.3 is 9.47 Å². The van der Waals surface area contributed by atoms with Crippen LogP contribution in [0.1, 0.15) is 40.7 Å². The van der Waals surface area contributed by atoms with Gasteiger partial charge in [-0.3, -0.25) is 19.8 Å². The highest BCUT2D eigenvalue weighted by Crippen LogP contribution is 2.44. The van der Waals surface area contributed by atoms with Gasteiger partial charge >= 0.3 is 0 Å². The number of nitrogens with zero attached hydrogens (tertiary/aromatic N) is 1. The molecule has 4 aromatic carbocycles. The number of rotatable bonds is 12. The zero-order valence-electron chi connectivity index (χ0n) is 28.9. The van der Waals surface area contributed by atoms with Crippen molar-refractivity contribution in [3.63, 3.8) is 0 Å². The molecule has 1 N–H and O–H groups in total. The number of benzene rings is 4. The average molecular weight is 695 g/mol. The van der Waals surface area contributed by atoms with Crippen LogP contribution in [0, 0.1) is 18.3 Å². The zero-order chi connectivity index (χ0) is 34.8. The van der Waals surface area contributed by atoms with Crippen LogP contribution in [0.25, 0.3) is 20.5 Å². The topological polar surface area (TPSA) is 67.9 Å². The minimum Gasteiger partial charge on any atom is -0.492 e. The Labute approximate surface area is 303 Å². The summed E-state index contributed by atoms with van der Waals surface area (Å²) in [6, 6.07) is 31.8. The largest absolute Gasteiger partial charge is 0.492 e. The number of aryl methyl sites for hydroxylation is 1. The molecule has 3 heterocycles. The minimum absolute atomic E-state index is 0.217. The second kappa shape index (κ2) is 14.3. The molecule has 1 aromatic heterocycles. The Morgan fingerprint density at radius 3 is 2.47 bits per heavy atom. The molecule has 2 fully saturated rings. The molecule has 5 aromatic rings. The molecule has 7 heteroatoms. The van der Waals surface area contributed by atoms with Gasteiger partial charge in [-0.25, -0.2) is 0 Å². The van der Waals surface area contributed by atoms with Gasteiger partial charge in [-0.05, 0) is 127 Å². The van der Waals surface area contributed by atoms with Crippen molar-refractivity contribution in [1.82, 2.24) is 10.2 Å². The summed E-state index contributed by atoms with van der Waals surface area (Å²) < 4.78 is 13.5. The first-order chi connectivity index (χ1) is 24.9. The van der Waals surface area contributed by atoms with Gasteiger partial charge in [-0.2, -0.15) is 0 Å². The highest BCUT2D eigenvalue weighted by atomic mass is 32.1. The average Bonchev–Trinajstić information content (AvgIpc) is 3.86. The fourth-order valence-electron chi connectivity index (χ4n) is 7.73. The monoisotopic (exact) mass is 694 g/mol. The second-order valence-electron chi connectivity index (χ2n) is 14.0. The van der Waals surface area contributed by atoms with E-state index in [1.54, 1.807) is 11.3 Å². The molecule has 2 aliphatic heterocycles. The van der Waals surface area contributed by atoms with Crippen LogP contribution in [0.2, 0.25) is 0 Å². The minimum atomic E-state index is -0.876. The van der Waals surface area contributed by atoms with Crippen LogP contribution in [0.5, 0.6) is 11.5 Å². The van der Waals surface area contributed by atoms with Gasteiger partial charge in [0.1, 0.15) is 24.7 Å². The van der Waals surface area contributed by atoms with E-state index in [0.29, 0.717) is 19.6 Å². The van der Waals surface area contributed by atoms with Gasteiger partial charge in [-0.15, -0.1) is 11.3 Å². The Hall–Kier alpha value is -4.98. The lowest BCUT2D eigenvalue weighted by molar-refractivity contribution is -0.127. The van der Waals surface area contributed by atoms with Gasteiger partial charge in [0, 0.05) is 16.1 Å². The van der Waals surface area contributed by atoms with E-state index in [1.807, 2.05) is 42.5 Å². The van der Waals surface area contributed by atoms with Crippen molar-refractivity contribution >= 4 is 33.2 Å². The molecule has 2 unspecified atom stereocenters. The number of amides is 2. The van der Waals surface area contributed by atoms with Crippen molar-refractivity contribution in [2.24, 2.45) is 11.3 Å². The first kappa shape index (κ1) is 33.2. The molecule has 258 valence electrons. The summed E-state index contributed by atoms with van der Waals surface area (Å²) in [5, 5.41) is 3.79. The summed E-state index contributed by atoms with van der Waals surface area (Å²) in [6.07, 6.45) is 11.3. The van der Waals surface area contributed by atoms with E-state index in [0.717, 1.165) is 46.7 Å². The van der Waals surface area contributed by atoms with Gasteiger partial charge in [0.05, 0.1) is 11.3 Å². The third kappa shape index (κ3) is 6.88. The summed E-state index contributed by atoms with van der Waals surface area (Å²) in [5.41, 5.74) is 6.09. The number of carbonyl (C=O) groups is 2. The van der Waals surface area contributed by atoms with E-state index in [-0.39, 0.29) is 11.8 Å². The molecule has 1 aliphatic carbocycles. The maximum Gasteiger partial charge on any atom is 0.238 e. The van der Waals surface area contributed by atoms with Gasteiger partial charge in [0.25, 0.3) is 0 Å². The number of nitrogens with one attached hydrogen (secondary N) is 1. The highest BCUT2D eigenvalue weighted by Gasteiger charge is 2.53. The van der Waals surface area contributed by atoms with Crippen molar-refractivity contribution in [3.05, 3.63) is 143 Å². The number of fused-ring (bicyclic) bond motifs is 2. The van der Waals surface area contributed by atoms with Gasteiger partial charge in [-0.1, -0.05) is 72.8 Å². The first-order valence-electron chi connectivity index (χ1n) is 17.9. The van der Waals surface area contributed by atoms with Gasteiger partial charge in [0.2, 0.25) is 11.8 Å². The van der Waals surface area contributed by atoms with E-state index in [4.69, 9.17) is 9.47 Å². The molecule has 0 saturated carbocycles. The SMILES string of the molecule is Cc1cc(Cc2c(-c3ccc(OCCN4CCCC4)cc3)sc3cc(OCc4ccccc4)ccc23)ccc1CC12C=CC=CC1C(=O)NC2=O. The van der Waals surface area contributed by atoms with Crippen molar-refractivity contribution in [2.75, 3.05) is 26.2 Å². The molecular weight excluding hydrogens is 653 g/mol. The van der Waals surface area contributed by atoms with E-state index in [2.05, 4.69) is 89.9 Å². The molecule has 3 aliphatic rings. The normalized spacial score (nSPS) is 19.8. The third-order valence-electron chi connectivity index (χ3n) is 10.6. The molecule has 51 heavy (non-hydrogen) atoms. The Morgan fingerprint density at radius 2 is 1.67 bits per heavy atom. The number of allylic oxidation sites excluding steroid dienone is 2. The number of carbonyl (C=O) groups excluding carboxylic acids is 2. The Balaban J connectivity index is 1.07. The van der Waals surface area contributed by atoms with E-state index < -0.39 is 11.3 Å². The maximum absolute atomic E-state index is 13.1. The van der Waals surface area contributed by atoms with E-state index in [9.17, 15) is 9.59 Å². The van der Waals surface area contributed by atoms with Crippen molar-refractivity contribution in [2.45, 2.75) is 39.2 Å². The quantitative estimate of drug-likeness (QED) is 0.133. The summed E-state index contributed by atoms with van der Waals surface area (Å²) in [6.45, 7) is 6.64. The molecule has 0 radical (unpaired) electrons. The summed E-state index contributed by atoms with van der Waals surface area (Å²) >= 11 is 1.80. The van der Waals surface area contributed by atoms with Crippen LogP contribution in [-0.2, 0) is 29.0 Å². The Kier molecular flexibility index (Phi) is 9.32.